The first-order valence-corrected chi connectivity index (χ1v) is 13.7. The van der Waals surface area contributed by atoms with Crippen LogP contribution < -0.4 is 19.1 Å². The zero-order valence-electron chi connectivity index (χ0n) is 21.1. The first-order chi connectivity index (χ1) is 18.2. The second kappa shape index (κ2) is 9.94. The third kappa shape index (κ3) is 4.87. The van der Waals surface area contributed by atoms with Gasteiger partial charge in [0.25, 0.3) is 5.91 Å². The number of amides is 1. The molecule has 0 aliphatic carbocycles. The van der Waals surface area contributed by atoms with Crippen LogP contribution in [0.4, 0.5) is 10.1 Å². The summed E-state index contributed by atoms with van der Waals surface area (Å²) < 4.78 is 51.3. The van der Waals surface area contributed by atoms with E-state index in [1.807, 2.05) is 30.3 Å². The Kier molecular flexibility index (Phi) is 6.66. The fraction of sp³-hybridized carbons (Fsp3) is 0.214. The third-order valence-electron chi connectivity index (χ3n) is 6.56. The molecule has 0 spiro atoms. The molecule has 4 aromatic rings. The number of rotatable bonds is 8. The summed E-state index contributed by atoms with van der Waals surface area (Å²) in [4.78, 5) is 17.6. The van der Waals surface area contributed by atoms with E-state index in [1.165, 1.54) is 23.5 Å². The molecule has 1 amide bonds. The van der Waals surface area contributed by atoms with Gasteiger partial charge in [-0.2, -0.15) is 0 Å². The molecule has 0 bridgehead atoms. The van der Waals surface area contributed by atoms with Crippen molar-refractivity contribution in [3.8, 4) is 11.5 Å². The number of pyridine rings is 1. The molecule has 196 valence electrons. The van der Waals surface area contributed by atoms with Crippen molar-refractivity contribution in [1.82, 2.24) is 10.3 Å². The molecule has 0 fully saturated rings. The minimum atomic E-state index is -3.67. The highest BCUT2D eigenvalue weighted by atomic mass is 32.2. The van der Waals surface area contributed by atoms with Crippen LogP contribution in [-0.2, 0) is 29.6 Å². The fourth-order valence-corrected chi connectivity index (χ4v) is 5.09. The van der Waals surface area contributed by atoms with Gasteiger partial charge in [-0.05, 0) is 53.4 Å². The van der Waals surface area contributed by atoms with Gasteiger partial charge in [0.2, 0.25) is 10.0 Å². The van der Waals surface area contributed by atoms with Gasteiger partial charge in [-0.15, -0.1) is 0 Å². The minimum absolute atomic E-state index is 0.153. The van der Waals surface area contributed by atoms with Crippen LogP contribution in [0.3, 0.4) is 0 Å². The number of fused-ring (bicyclic) bond motifs is 2. The van der Waals surface area contributed by atoms with E-state index in [-0.39, 0.29) is 30.4 Å². The average Bonchev–Trinajstić information content (AvgIpc) is 3.28. The fourth-order valence-electron chi connectivity index (χ4n) is 4.55. The summed E-state index contributed by atoms with van der Waals surface area (Å²) in [6, 6.07) is 15.4. The molecule has 1 aromatic heterocycles. The zero-order valence-corrected chi connectivity index (χ0v) is 21.9. The molecular weight excluding hydrogens is 509 g/mol. The molecule has 10 heteroatoms. The topological polar surface area (TPSA) is 97.8 Å². The lowest BCUT2D eigenvalue weighted by atomic mass is 9.98. The quantitative estimate of drug-likeness (QED) is 0.363. The van der Waals surface area contributed by atoms with Crippen LogP contribution in [0.15, 0.2) is 60.8 Å². The van der Waals surface area contributed by atoms with E-state index in [0.717, 1.165) is 22.9 Å². The van der Waals surface area contributed by atoms with Crippen LogP contribution in [0.1, 0.15) is 32.6 Å². The molecule has 0 saturated heterocycles. The highest BCUT2D eigenvalue weighted by Gasteiger charge is 2.33. The van der Waals surface area contributed by atoms with Crippen molar-refractivity contribution in [3.63, 3.8) is 0 Å². The van der Waals surface area contributed by atoms with E-state index >= 15 is 0 Å². The lowest BCUT2D eigenvalue weighted by molar-refractivity contribution is 0.0962. The molecule has 8 nitrogen and oxygen atoms in total. The van der Waals surface area contributed by atoms with Gasteiger partial charge in [0, 0.05) is 30.7 Å². The summed E-state index contributed by atoms with van der Waals surface area (Å²) in [7, 11) is -0.622. The third-order valence-corrected chi connectivity index (χ3v) is 7.74. The second-order valence-corrected chi connectivity index (χ2v) is 11.1. The largest absolute Gasteiger partial charge is 0.497 e. The molecule has 0 unspecified atom stereocenters. The van der Waals surface area contributed by atoms with Crippen LogP contribution >= 0.6 is 0 Å². The van der Waals surface area contributed by atoms with Gasteiger partial charge < -0.3 is 14.8 Å². The maximum absolute atomic E-state index is 13.4. The van der Waals surface area contributed by atoms with Crippen molar-refractivity contribution in [1.29, 1.82) is 0 Å². The molecular formula is C28H26FN3O5S. The summed E-state index contributed by atoms with van der Waals surface area (Å²) in [5.74, 6) is 0.323. The summed E-state index contributed by atoms with van der Waals surface area (Å²) in [5.41, 5.74) is 4.08. The van der Waals surface area contributed by atoms with Crippen LogP contribution in [0.2, 0.25) is 0 Å². The number of hydrogen-bond acceptors (Lipinski definition) is 6. The maximum Gasteiger partial charge on any atom is 0.255 e. The molecule has 2 heterocycles. The Morgan fingerprint density at radius 3 is 2.39 bits per heavy atom. The summed E-state index contributed by atoms with van der Waals surface area (Å²) in [6.45, 7) is 0.319. The van der Waals surface area contributed by atoms with Gasteiger partial charge in [0.05, 0.1) is 24.6 Å². The average molecular weight is 536 g/mol. The van der Waals surface area contributed by atoms with Gasteiger partial charge in [-0.25, -0.2) is 12.8 Å². The van der Waals surface area contributed by atoms with Crippen molar-refractivity contribution in [3.05, 3.63) is 94.4 Å². The Labute approximate surface area is 220 Å². The van der Waals surface area contributed by atoms with E-state index in [1.54, 1.807) is 25.4 Å². The van der Waals surface area contributed by atoms with Crippen LogP contribution in [0.25, 0.3) is 10.9 Å². The second-order valence-electron chi connectivity index (χ2n) is 9.12. The molecule has 1 aliphatic heterocycles. The summed E-state index contributed by atoms with van der Waals surface area (Å²) in [6.07, 6.45) is 3.23. The smallest absolute Gasteiger partial charge is 0.255 e. The van der Waals surface area contributed by atoms with Crippen molar-refractivity contribution in [2.75, 3.05) is 24.7 Å². The normalized spacial score (nSPS) is 12.8. The molecule has 5 rings (SSSR count). The van der Waals surface area contributed by atoms with Crippen LogP contribution in [0, 0.1) is 5.82 Å². The number of nitrogens with one attached hydrogen (secondary N) is 1. The van der Waals surface area contributed by atoms with E-state index < -0.39 is 10.0 Å². The van der Waals surface area contributed by atoms with Crippen molar-refractivity contribution in [2.45, 2.75) is 19.6 Å². The number of aromatic nitrogens is 1. The number of benzene rings is 3. The number of sulfonamides is 1. The maximum atomic E-state index is 13.4. The van der Waals surface area contributed by atoms with Crippen molar-refractivity contribution >= 4 is 32.5 Å². The predicted octanol–water partition coefficient (Wildman–Crippen LogP) is 4.19. The Hall–Kier alpha value is -4.18. The van der Waals surface area contributed by atoms with Crippen LogP contribution in [0.5, 0.6) is 11.5 Å². The molecule has 1 N–H and O–H groups in total. The lowest BCUT2D eigenvalue weighted by Gasteiger charge is -2.24. The SMILES string of the molecule is COc1ccc(COc2c3c(c(N(C)S(C)(=O)=O)c4cc(Cc5ccc(F)cc5)cnc24)CNC3=O)cc1. The van der Waals surface area contributed by atoms with Gasteiger partial charge in [0.1, 0.15) is 23.7 Å². The molecule has 38 heavy (non-hydrogen) atoms. The number of carbonyl (C=O) groups is 1. The van der Waals surface area contributed by atoms with Gasteiger partial charge >= 0.3 is 0 Å². The lowest BCUT2D eigenvalue weighted by Crippen LogP contribution is -2.26. The molecule has 0 atom stereocenters. The van der Waals surface area contributed by atoms with E-state index in [4.69, 9.17) is 9.47 Å². The zero-order chi connectivity index (χ0) is 27.0. The number of hydrogen-bond donors (Lipinski definition) is 1. The predicted molar refractivity (Wildman–Crippen MR) is 143 cm³/mol. The number of halogens is 1. The van der Waals surface area contributed by atoms with Crippen molar-refractivity contribution in [2.24, 2.45) is 0 Å². The number of carbonyl (C=O) groups excluding carboxylic acids is 1. The molecule has 0 radical (unpaired) electrons. The molecule has 1 aliphatic rings. The number of nitrogens with zero attached hydrogens (tertiary/aromatic N) is 2. The number of anilines is 1. The summed E-state index contributed by atoms with van der Waals surface area (Å²) >= 11 is 0. The Bertz CT molecular complexity index is 1640. The first-order valence-electron chi connectivity index (χ1n) is 11.9. The van der Waals surface area contributed by atoms with Gasteiger partial charge in [-0.3, -0.25) is 14.1 Å². The molecule has 3 aromatic carbocycles. The minimum Gasteiger partial charge on any atom is -0.497 e. The van der Waals surface area contributed by atoms with E-state index in [9.17, 15) is 17.6 Å². The van der Waals surface area contributed by atoms with Gasteiger partial charge in [-0.1, -0.05) is 24.3 Å². The number of ether oxygens (including phenoxy) is 2. The van der Waals surface area contributed by atoms with E-state index in [2.05, 4.69) is 10.3 Å². The van der Waals surface area contributed by atoms with E-state index in [0.29, 0.717) is 40.1 Å². The number of methoxy groups -OCH3 is 1. The highest BCUT2D eigenvalue weighted by Crippen LogP contribution is 2.43. The van der Waals surface area contributed by atoms with Gasteiger partial charge in [0.15, 0.2) is 5.75 Å². The monoisotopic (exact) mass is 535 g/mol. The van der Waals surface area contributed by atoms with Crippen molar-refractivity contribution < 1.29 is 27.1 Å². The Balaban J connectivity index is 1.66. The Morgan fingerprint density at radius 2 is 1.74 bits per heavy atom. The Morgan fingerprint density at radius 1 is 1.05 bits per heavy atom. The summed E-state index contributed by atoms with van der Waals surface area (Å²) in [5, 5.41) is 3.34. The van der Waals surface area contributed by atoms with Crippen LogP contribution in [-0.4, -0.2) is 39.7 Å². The molecule has 0 saturated carbocycles. The first kappa shape index (κ1) is 25.5. The standard InChI is InChI=1S/C28H26FN3O5S/c1-32(38(3,34)35)26-22-13-19(12-17-4-8-20(29)9-5-17)14-30-25(22)27(24-23(26)15-31-28(24)33)37-16-18-6-10-21(36-2)11-7-18/h4-11,13-14H,12,15-16H2,1-3H3,(H,31,33). The highest BCUT2D eigenvalue weighted by molar-refractivity contribution is 7.92.